The van der Waals surface area contributed by atoms with Crippen LogP contribution in [0.3, 0.4) is 0 Å². The fourth-order valence-electron chi connectivity index (χ4n) is 0.716. The molecule has 0 aromatic carbocycles. The number of pyridine rings is 1. The highest BCUT2D eigenvalue weighted by Crippen LogP contribution is 2.18. The van der Waals surface area contributed by atoms with Crippen LogP contribution in [0, 0.1) is 0 Å². The quantitative estimate of drug-likeness (QED) is 0.804. The van der Waals surface area contributed by atoms with Crippen LogP contribution in [0.2, 0.25) is 10.0 Å². The highest BCUT2D eigenvalue weighted by Gasteiger charge is 2.06. The number of carboxylic acids is 1. The van der Waals surface area contributed by atoms with E-state index in [2.05, 4.69) is 4.98 Å². The zero-order chi connectivity index (χ0) is 9.14. The summed E-state index contributed by atoms with van der Waals surface area (Å²) >= 11 is 11.2. The average Bonchev–Trinajstić information content (AvgIpc) is 1.94. The number of halogens is 2. The van der Waals surface area contributed by atoms with Gasteiger partial charge in [-0.1, -0.05) is 23.2 Å². The van der Waals surface area contributed by atoms with Crippen LogP contribution in [0.5, 0.6) is 0 Å². The van der Waals surface area contributed by atoms with Crippen molar-refractivity contribution in [1.82, 2.24) is 4.98 Å². The molecule has 3 nitrogen and oxygen atoms in total. The number of carbonyl (C=O) groups is 1. The maximum absolute atomic E-state index is 10.3. The van der Waals surface area contributed by atoms with Gasteiger partial charge in [-0.2, -0.15) is 0 Å². The van der Waals surface area contributed by atoms with Crippen LogP contribution in [0.1, 0.15) is 5.69 Å². The predicted molar refractivity (Wildman–Crippen MR) is 45.6 cm³/mol. The van der Waals surface area contributed by atoms with Crippen molar-refractivity contribution in [2.24, 2.45) is 0 Å². The van der Waals surface area contributed by atoms with Crippen molar-refractivity contribution in [3.63, 3.8) is 0 Å². The number of carboxylic acid groups (broad SMARTS) is 1. The van der Waals surface area contributed by atoms with Crippen molar-refractivity contribution >= 4 is 29.2 Å². The number of nitrogens with zero attached hydrogens (tertiary/aromatic N) is 1. The zero-order valence-corrected chi connectivity index (χ0v) is 7.43. The Morgan fingerprint density at radius 2 is 2.25 bits per heavy atom. The van der Waals surface area contributed by atoms with Crippen LogP contribution in [-0.2, 0) is 11.2 Å². The molecule has 0 radical (unpaired) electrons. The Hall–Kier alpha value is -0.800. The van der Waals surface area contributed by atoms with Gasteiger partial charge >= 0.3 is 5.97 Å². The van der Waals surface area contributed by atoms with Crippen molar-refractivity contribution < 1.29 is 9.90 Å². The summed E-state index contributed by atoms with van der Waals surface area (Å²) < 4.78 is 0. The lowest BCUT2D eigenvalue weighted by molar-refractivity contribution is -0.136. The summed E-state index contributed by atoms with van der Waals surface area (Å²) in [6.07, 6.45) is 1.18. The Morgan fingerprint density at radius 3 is 2.75 bits per heavy atom. The van der Waals surface area contributed by atoms with E-state index in [1.165, 1.54) is 12.3 Å². The van der Waals surface area contributed by atoms with Gasteiger partial charge in [-0.05, 0) is 6.07 Å². The molecule has 0 fully saturated rings. The predicted octanol–water partition coefficient (Wildman–Crippen LogP) is 2.02. The van der Waals surface area contributed by atoms with Gasteiger partial charge in [0.25, 0.3) is 0 Å². The minimum absolute atomic E-state index is 0.185. The summed E-state index contributed by atoms with van der Waals surface area (Å²) in [7, 11) is 0. The maximum atomic E-state index is 10.3. The highest BCUT2D eigenvalue weighted by atomic mass is 35.5. The summed E-state index contributed by atoms with van der Waals surface area (Å²) in [6, 6.07) is 1.47. The third-order valence-corrected chi connectivity index (χ3v) is 1.74. The molecule has 1 rings (SSSR count). The Kier molecular flexibility index (Phi) is 2.89. The van der Waals surface area contributed by atoms with Crippen molar-refractivity contribution in [1.29, 1.82) is 0 Å². The Balaban J connectivity index is 2.93. The first-order chi connectivity index (χ1) is 5.59. The molecule has 1 heterocycles. The van der Waals surface area contributed by atoms with Crippen molar-refractivity contribution in [2.45, 2.75) is 6.42 Å². The molecule has 0 aliphatic heterocycles. The van der Waals surface area contributed by atoms with E-state index in [1.54, 1.807) is 0 Å². The Morgan fingerprint density at radius 1 is 1.58 bits per heavy atom. The number of rotatable bonds is 2. The molecular weight excluding hydrogens is 201 g/mol. The first-order valence-corrected chi connectivity index (χ1v) is 3.87. The summed E-state index contributed by atoms with van der Waals surface area (Å²) in [5, 5.41) is 9.11. The van der Waals surface area contributed by atoms with Crippen LogP contribution in [-0.4, -0.2) is 16.1 Å². The van der Waals surface area contributed by atoms with Gasteiger partial charge in [0, 0.05) is 6.20 Å². The molecule has 1 aromatic rings. The monoisotopic (exact) mass is 205 g/mol. The van der Waals surface area contributed by atoms with E-state index >= 15 is 0 Å². The minimum atomic E-state index is -0.966. The molecule has 0 bridgehead atoms. The van der Waals surface area contributed by atoms with Gasteiger partial charge in [-0.15, -0.1) is 0 Å². The molecule has 5 heteroatoms. The molecule has 0 unspecified atom stereocenters. The third-order valence-electron chi connectivity index (χ3n) is 1.20. The van der Waals surface area contributed by atoms with Crippen molar-refractivity contribution in [3.8, 4) is 0 Å². The van der Waals surface area contributed by atoms with Gasteiger partial charge in [0.2, 0.25) is 0 Å². The van der Waals surface area contributed by atoms with Crippen LogP contribution < -0.4 is 0 Å². The van der Waals surface area contributed by atoms with Gasteiger partial charge in [0.15, 0.2) is 0 Å². The first-order valence-electron chi connectivity index (χ1n) is 3.11. The largest absolute Gasteiger partial charge is 0.481 e. The smallest absolute Gasteiger partial charge is 0.309 e. The zero-order valence-electron chi connectivity index (χ0n) is 5.92. The summed E-state index contributed by atoms with van der Waals surface area (Å²) in [6.45, 7) is 0. The second-order valence-electron chi connectivity index (χ2n) is 2.15. The van der Waals surface area contributed by atoms with Crippen LogP contribution >= 0.6 is 23.2 Å². The molecule has 1 aromatic heterocycles. The van der Waals surface area contributed by atoms with Gasteiger partial charge in [-0.3, -0.25) is 9.78 Å². The van der Waals surface area contributed by atoms with Crippen LogP contribution in [0.15, 0.2) is 12.3 Å². The third kappa shape index (κ3) is 2.36. The second-order valence-corrected chi connectivity index (χ2v) is 3.00. The van der Waals surface area contributed by atoms with Crippen LogP contribution in [0.25, 0.3) is 0 Å². The maximum Gasteiger partial charge on any atom is 0.309 e. The van der Waals surface area contributed by atoms with E-state index in [0.29, 0.717) is 10.7 Å². The van der Waals surface area contributed by atoms with E-state index in [-0.39, 0.29) is 11.4 Å². The summed E-state index contributed by atoms with van der Waals surface area (Å²) in [5.41, 5.74) is 0.327. The van der Waals surface area contributed by atoms with E-state index in [9.17, 15) is 4.79 Å². The molecule has 0 saturated carbocycles. The lowest BCUT2D eigenvalue weighted by atomic mass is 10.3. The number of aliphatic carboxylic acids is 1. The highest BCUT2D eigenvalue weighted by molar-refractivity contribution is 6.34. The molecule has 0 amide bonds. The minimum Gasteiger partial charge on any atom is -0.481 e. The fraction of sp³-hybridized carbons (Fsp3) is 0.143. The Bertz CT molecular complexity index is 314. The van der Waals surface area contributed by atoms with Gasteiger partial charge in [0.1, 0.15) is 0 Å². The topological polar surface area (TPSA) is 50.2 Å². The van der Waals surface area contributed by atoms with Crippen molar-refractivity contribution in [2.75, 3.05) is 0 Å². The lowest BCUT2D eigenvalue weighted by Gasteiger charge is -1.98. The number of hydrogen-bond acceptors (Lipinski definition) is 2. The average molecular weight is 206 g/mol. The summed E-state index contributed by atoms with van der Waals surface area (Å²) in [5.74, 6) is -0.966. The molecule has 0 aliphatic carbocycles. The van der Waals surface area contributed by atoms with Gasteiger partial charge < -0.3 is 5.11 Å². The summed E-state index contributed by atoms with van der Waals surface area (Å²) in [4.78, 5) is 14.0. The first kappa shape index (κ1) is 9.29. The second kappa shape index (κ2) is 3.74. The van der Waals surface area contributed by atoms with E-state index in [1.807, 2.05) is 0 Å². The van der Waals surface area contributed by atoms with E-state index in [4.69, 9.17) is 28.3 Å². The van der Waals surface area contributed by atoms with Crippen molar-refractivity contribution in [3.05, 3.63) is 28.0 Å². The molecule has 0 aliphatic rings. The Labute approximate surface area is 78.9 Å². The molecular formula is C7H5Cl2NO2. The SMILES string of the molecule is O=C(O)Cc1ncc(Cl)cc1Cl. The fourth-order valence-corrected chi connectivity index (χ4v) is 1.16. The molecule has 0 spiro atoms. The van der Waals surface area contributed by atoms with E-state index in [0.717, 1.165) is 0 Å². The molecule has 12 heavy (non-hydrogen) atoms. The standard InChI is InChI=1S/C7H5Cl2NO2/c8-4-1-5(9)6(10-3-4)2-7(11)12/h1,3H,2H2,(H,11,12). The van der Waals surface area contributed by atoms with Gasteiger partial charge in [0.05, 0.1) is 22.2 Å². The molecule has 0 atom stereocenters. The molecule has 64 valence electrons. The lowest BCUT2D eigenvalue weighted by Crippen LogP contribution is -2.02. The van der Waals surface area contributed by atoms with Gasteiger partial charge in [-0.25, -0.2) is 0 Å². The number of hydrogen-bond donors (Lipinski definition) is 1. The number of aromatic nitrogens is 1. The van der Waals surface area contributed by atoms with Crippen LogP contribution in [0.4, 0.5) is 0 Å². The van der Waals surface area contributed by atoms with E-state index < -0.39 is 5.97 Å². The molecule has 1 N–H and O–H groups in total. The molecule has 0 saturated heterocycles. The normalized spacial score (nSPS) is 9.83.